The lowest BCUT2D eigenvalue weighted by Gasteiger charge is -2.23. The Morgan fingerprint density at radius 2 is 1.91 bits per heavy atom. The first-order chi connectivity index (χ1) is 5.22. The summed E-state index contributed by atoms with van der Waals surface area (Å²) >= 11 is 0. The monoisotopic (exact) mass is 159 g/mol. The summed E-state index contributed by atoms with van der Waals surface area (Å²) in [5.74, 6) is 0. The van der Waals surface area contributed by atoms with E-state index < -0.39 is 0 Å². The molecule has 0 aliphatic heterocycles. The quantitative estimate of drug-likeness (QED) is 0.634. The third kappa shape index (κ3) is 5.22. The largest absolute Gasteiger partial charge is 0.396 e. The van der Waals surface area contributed by atoms with Gasteiger partial charge in [-0.3, -0.25) is 0 Å². The molecule has 0 heterocycles. The molecule has 0 fully saturated rings. The highest BCUT2D eigenvalue weighted by molar-refractivity contribution is 4.64. The first kappa shape index (κ1) is 10.9. The van der Waals surface area contributed by atoms with Crippen molar-refractivity contribution in [3.05, 3.63) is 0 Å². The molecule has 0 saturated heterocycles. The van der Waals surface area contributed by atoms with Crippen LogP contribution in [0.2, 0.25) is 0 Å². The SMILES string of the molecule is CCCCC(CCO)N(C)C. The molecule has 0 bridgehead atoms. The minimum atomic E-state index is 0.312. The van der Waals surface area contributed by atoms with Gasteiger partial charge < -0.3 is 10.0 Å². The molecule has 0 spiro atoms. The maximum Gasteiger partial charge on any atom is 0.0445 e. The van der Waals surface area contributed by atoms with Gasteiger partial charge in [0, 0.05) is 12.6 Å². The summed E-state index contributed by atoms with van der Waals surface area (Å²) < 4.78 is 0. The molecule has 0 aromatic rings. The van der Waals surface area contributed by atoms with Gasteiger partial charge in [0.25, 0.3) is 0 Å². The average Bonchev–Trinajstić information content (AvgIpc) is 1.97. The van der Waals surface area contributed by atoms with Gasteiger partial charge >= 0.3 is 0 Å². The smallest absolute Gasteiger partial charge is 0.0445 e. The van der Waals surface area contributed by atoms with Gasteiger partial charge in [-0.2, -0.15) is 0 Å². The first-order valence-corrected chi connectivity index (χ1v) is 4.49. The molecule has 0 aliphatic carbocycles. The van der Waals surface area contributed by atoms with Crippen molar-refractivity contribution in [2.24, 2.45) is 0 Å². The highest BCUT2D eigenvalue weighted by Gasteiger charge is 2.08. The van der Waals surface area contributed by atoms with E-state index in [0.717, 1.165) is 6.42 Å². The number of unbranched alkanes of at least 4 members (excludes halogenated alkanes) is 1. The van der Waals surface area contributed by atoms with Crippen molar-refractivity contribution >= 4 is 0 Å². The summed E-state index contributed by atoms with van der Waals surface area (Å²) in [6.45, 7) is 2.51. The second-order valence-corrected chi connectivity index (χ2v) is 3.27. The van der Waals surface area contributed by atoms with Crippen molar-refractivity contribution in [1.82, 2.24) is 4.90 Å². The topological polar surface area (TPSA) is 23.5 Å². The van der Waals surface area contributed by atoms with Crippen LogP contribution in [-0.2, 0) is 0 Å². The summed E-state index contributed by atoms with van der Waals surface area (Å²) in [4.78, 5) is 2.20. The number of hydrogen-bond donors (Lipinski definition) is 1. The van der Waals surface area contributed by atoms with Crippen molar-refractivity contribution in [3.63, 3.8) is 0 Å². The number of aliphatic hydroxyl groups is 1. The third-order valence-corrected chi connectivity index (χ3v) is 2.08. The Morgan fingerprint density at radius 3 is 2.27 bits per heavy atom. The highest BCUT2D eigenvalue weighted by Crippen LogP contribution is 2.08. The second kappa shape index (κ2) is 6.62. The minimum Gasteiger partial charge on any atom is -0.396 e. The van der Waals surface area contributed by atoms with E-state index in [-0.39, 0.29) is 0 Å². The van der Waals surface area contributed by atoms with Crippen LogP contribution in [0.15, 0.2) is 0 Å². The van der Waals surface area contributed by atoms with Gasteiger partial charge in [0.05, 0.1) is 0 Å². The van der Waals surface area contributed by atoms with E-state index in [9.17, 15) is 0 Å². The summed E-state index contributed by atoms with van der Waals surface area (Å²) in [6, 6.07) is 0.569. The molecule has 0 saturated carbocycles. The zero-order valence-corrected chi connectivity index (χ0v) is 8.01. The summed E-state index contributed by atoms with van der Waals surface area (Å²) in [5, 5.41) is 8.76. The number of aliphatic hydroxyl groups excluding tert-OH is 1. The lowest BCUT2D eigenvalue weighted by molar-refractivity contribution is 0.199. The molecule has 0 aliphatic rings. The molecule has 0 radical (unpaired) electrons. The van der Waals surface area contributed by atoms with Crippen LogP contribution in [0, 0.1) is 0 Å². The molecule has 1 N–H and O–H groups in total. The molecular weight excluding hydrogens is 138 g/mol. The van der Waals surface area contributed by atoms with Crippen LogP contribution >= 0.6 is 0 Å². The van der Waals surface area contributed by atoms with Gasteiger partial charge in [-0.25, -0.2) is 0 Å². The van der Waals surface area contributed by atoms with Gasteiger partial charge in [-0.15, -0.1) is 0 Å². The third-order valence-electron chi connectivity index (χ3n) is 2.08. The molecule has 0 rings (SSSR count). The van der Waals surface area contributed by atoms with Gasteiger partial charge in [0.1, 0.15) is 0 Å². The van der Waals surface area contributed by atoms with Crippen LogP contribution in [0.3, 0.4) is 0 Å². The Morgan fingerprint density at radius 1 is 1.27 bits per heavy atom. The molecule has 11 heavy (non-hydrogen) atoms. The van der Waals surface area contributed by atoms with Crippen molar-refractivity contribution < 1.29 is 5.11 Å². The predicted octanol–water partition coefficient (Wildman–Crippen LogP) is 1.49. The normalized spacial score (nSPS) is 13.9. The van der Waals surface area contributed by atoms with E-state index in [0.29, 0.717) is 12.6 Å². The van der Waals surface area contributed by atoms with Crippen LogP contribution in [0.1, 0.15) is 32.6 Å². The molecule has 2 nitrogen and oxygen atoms in total. The maximum atomic E-state index is 8.76. The van der Waals surface area contributed by atoms with E-state index in [1.54, 1.807) is 0 Å². The van der Waals surface area contributed by atoms with Gasteiger partial charge in [0.15, 0.2) is 0 Å². The first-order valence-electron chi connectivity index (χ1n) is 4.49. The number of nitrogens with zero attached hydrogens (tertiary/aromatic N) is 1. The Bertz CT molecular complexity index is 83.6. The summed E-state index contributed by atoms with van der Waals surface area (Å²) in [7, 11) is 4.16. The maximum absolute atomic E-state index is 8.76. The van der Waals surface area contributed by atoms with Crippen molar-refractivity contribution in [3.8, 4) is 0 Å². The van der Waals surface area contributed by atoms with E-state index in [2.05, 4.69) is 25.9 Å². The fourth-order valence-electron chi connectivity index (χ4n) is 1.25. The van der Waals surface area contributed by atoms with Crippen LogP contribution in [-0.4, -0.2) is 36.8 Å². The zero-order valence-electron chi connectivity index (χ0n) is 8.01. The lowest BCUT2D eigenvalue weighted by Crippen LogP contribution is -2.28. The molecule has 2 heteroatoms. The minimum absolute atomic E-state index is 0.312. The summed E-state index contributed by atoms with van der Waals surface area (Å²) in [5.41, 5.74) is 0. The predicted molar refractivity (Wildman–Crippen MR) is 48.7 cm³/mol. The standard InChI is InChI=1S/C9H21NO/c1-4-5-6-9(7-8-11)10(2)3/h9,11H,4-8H2,1-3H3. The molecule has 1 unspecified atom stereocenters. The van der Waals surface area contributed by atoms with E-state index in [4.69, 9.17) is 5.11 Å². The Hall–Kier alpha value is -0.0800. The molecule has 68 valence electrons. The summed E-state index contributed by atoms with van der Waals surface area (Å²) in [6.07, 6.45) is 4.63. The molecular formula is C9H21NO. The second-order valence-electron chi connectivity index (χ2n) is 3.27. The van der Waals surface area contributed by atoms with Gasteiger partial charge in [-0.05, 0) is 26.9 Å². The molecule has 0 amide bonds. The fourth-order valence-corrected chi connectivity index (χ4v) is 1.25. The molecule has 0 aromatic heterocycles. The van der Waals surface area contributed by atoms with Crippen LogP contribution in [0.4, 0.5) is 0 Å². The lowest BCUT2D eigenvalue weighted by atomic mass is 10.1. The molecule has 0 aromatic carbocycles. The Balaban J connectivity index is 3.51. The van der Waals surface area contributed by atoms with E-state index in [1.807, 2.05) is 0 Å². The highest BCUT2D eigenvalue weighted by atomic mass is 16.3. The van der Waals surface area contributed by atoms with Crippen molar-refractivity contribution in [1.29, 1.82) is 0 Å². The zero-order chi connectivity index (χ0) is 8.69. The van der Waals surface area contributed by atoms with Crippen LogP contribution in [0.25, 0.3) is 0 Å². The average molecular weight is 159 g/mol. The van der Waals surface area contributed by atoms with Gasteiger partial charge in [-0.1, -0.05) is 19.8 Å². The van der Waals surface area contributed by atoms with Crippen LogP contribution in [0.5, 0.6) is 0 Å². The fraction of sp³-hybridized carbons (Fsp3) is 1.00. The van der Waals surface area contributed by atoms with E-state index >= 15 is 0 Å². The van der Waals surface area contributed by atoms with Crippen molar-refractivity contribution in [2.45, 2.75) is 38.6 Å². The number of rotatable bonds is 6. The molecule has 1 atom stereocenters. The number of hydrogen-bond acceptors (Lipinski definition) is 2. The van der Waals surface area contributed by atoms with Crippen molar-refractivity contribution in [2.75, 3.05) is 20.7 Å². The van der Waals surface area contributed by atoms with Gasteiger partial charge in [0.2, 0.25) is 0 Å². The Kier molecular flexibility index (Phi) is 6.57. The van der Waals surface area contributed by atoms with Crippen LogP contribution < -0.4 is 0 Å². The Labute approximate surface area is 70.2 Å². The van der Waals surface area contributed by atoms with E-state index in [1.165, 1.54) is 19.3 Å².